The highest BCUT2D eigenvalue weighted by Gasteiger charge is 2.59. The molecule has 1 fully saturated rings. The maximum atomic E-state index is 13.7. The van der Waals surface area contributed by atoms with Crippen LogP contribution in [0.25, 0.3) is 0 Å². The molecule has 190 valence electrons. The molecule has 37 heavy (non-hydrogen) atoms. The number of anilines is 1. The summed E-state index contributed by atoms with van der Waals surface area (Å²) in [6.45, 7) is 0. The fourth-order valence-electron chi connectivity index (χ4n) is 4.61. The number of halogens is 5. The van der Waals surface area contributed by atoms with E-state index in [-0.39, 0.29) is 31.2 Å². The molecule has 0 bridgehead atoms. The highest BCUT2D eigenvalue weighted by atomic mass is 79.9. The second kappa shape index (κ2) is 9.67. The van der Waals surface area contributed by atoms with E-state index >= 15 is 0 Å². The van der Waals surface area contributed by atoms with Crippen LogP contribution in [0.2, 0.25) is 20.1 Å². The minimum Gasteiger partial charge on any atom is -0.497 e. The van der Waals surface area contributed by atoms with Gasteiger partial charge in [-0.3, -0.25) is 19.3 Å². The molecule has 3 aromatic rings. The lowest BCUT2D eigenvalue weighted by atomic mass is 9.85. The highest BCUT2D eigenvalue weighted by Crippen LogP contribution is 2.50. The molecule has 0 aromatic heterocycles. The molecule has 2 aliphatic rings. The number of carbonyl (C=O) groups excluding carboxylic acids is 3. The van der Waals surface area contributed by atoms with E-state index in [9.17, 15) is 14.4 Å². The lowest BCUT2D eigenvalue weighted by Crippen LogP contribution is -2.67. The van der Waals surface area contributed by atoms with E-state index in [0.717, 1.165) is 9.37 Å². The van der Waals surface area contributed by atoms with Crippen LogP contribution in [0, 0.1) is 0 Å². The second-order valence-electron chi connectivity index (χ2n) is 8.17. The predicted octanol–water partition coefficient (Wildman–Crippen LogP) is 6.83. The standard InChI is InChI=1S/C25H15BrCl4N2O5/c1-36-12-7-8-14(37-2)13(9-12)21-22(25(35)31(21)11-5-3-10(26)4-6-11)32-23(33)15-16(24(32)34)18(28)20(30)19(29)17(15)27/h3-9,21-22H,1-2H3. The molecule has 0 saturated carbocycles. The van der Waals surface area contributed by atoms with Crippen molar-refractivity contribution >= 4 is 85.7 Å². The zero-order chi connectivity index (χ0) is 26.8. The van der Waals surface area contributed by atoms with Crippen LogP contribution >= 0.6 is 62.3 Å². The van der Waals surface area contributed by atoms with Crippen molar-refractivity contribution < 1.29 is 23.9 Å². The Kier molecular flexibility index (Phi) is 6.83. The topological polar surface area (TPSA) is 76.1 Å². The van der Waals surface area contributed by atoms with Gasteiger partial charge in [-0.1, -0.05) is 62.3 Å². The number of rotatable bonds is 5. The van der Waals surface area contributed by atoms with E-state index in [2.05, 4.69) is 15.9 Å². The molecule has 3 aromatic carbocycles. The molecule has 2 heterocycles. The van der Waals surface area contributed by atoms with E-state index in [1.807, 2.05) is 0 Å². The number of methoxy groups -OCH3 is 2. The molecule has 0 radical (unpaired) electrons. The van der Waals surface area contributed by atoms with Crippen molar-refractivity contribution in [3.05, 3.63) is 83.7 Å². The summed E-state index contributed by atoms with van der Waals surface area (Å²) in [5.74, 6) is -1.16. The van der Waals surface area contributed by atoms with Gasteiger partial charge in [0.1, 0.15) is 17.5 Å². The van der Waals surface area contributed by atoms with Gasteiger partial charge in [-0.2, -0.15) is 0 Å². The number of hydrogen-bond donors (Lipinski definition) is 0. The predicted molar refractivity (Wildman–Crippen MR) is 145 cm³/mol. The van der Waals surface area contributed by atoms with Gasteiger partial charge in [0, 0.05) is 15.7 Å². The summed E-state index contributed by atoms with van der Waals surface area (Å²) in [7, 11) is 2.99. The van der Waals surface area contributed by atoms with Crippen molar-refractivity contribution in [2.75, 3.05) is 19.1 Å². The summed E-state index contributed by atoms with van der Waals surface area (Å²) in [6.07, 6.45) is 0. The Balaban J connectivity index is 1.68. The molecule has 1 saturated heterocycles. The van der Waals surface area contributed by atoms with Gasteiger partial charge in [-0.25, -0.2) is 0 Å². The maximum absolute atomic E-state index is 13.7. The number of amides is 3. The van der Waals surface area contributed by atoms with Gasteiger partial charge in [0.2, 0.25) is 0 Å². The second-order valence-corrected chi connectivity index (χ2v) is 10.6. The Morgan fingerprint density at radius 2 is 1.30 bits per heavy atom. The molecule has 2 unspecified atom stereocenters. The van der Waals surface area contributed by atoms with Crippen LogP contribution < -0.4 is 14.4 Å². The van der Waals surface area contributed by atoms with Crippen LogP contribution in [0.1, 0.15) is 32.3 Å². The van der Waals surface area contributed by atoms with Gasteiger partial charge in [0.25, 0.3) is 17.7 Å². The summed E-state index contributed by atoms with van der Waals surface area (Å²) in [5.41, 5.74) is 0.687. The fourth-order valence-corrected chi connectivity index (χ4v) is 5.89. The van der Waals surface area contributed by atoms with Crippen LogP contribution in [0.3, 0.4) is 0 Å². The number of ether oxygens (including phenoxy) is 2. The number of benzene rings is 3. The molecule has 0 aliphatic carbocycles. The highest BCUT2D eigenvalue weighted by molar-refractivity contribution is 9.10. The average molecular weight is 645 g/mol. The fraction of sp³-hybridized carbons (Fsp3) is 0.160. The summed E-state index contributed by atoms with van der Waals surface area (Å²) < 4.78 is 11.8. The van der Waals surface area contributed by atoms with Gasteiger partial charge in [-0.15, -0.1) is 0 Å². The third kappa shape index (κ3) is 3.89. The number of fused-ring (bicyclic) bond motifs is 1. The first-order chi connectivity index (χ1) is 17.6. The molecule has 5 rings (SSSR count). The molecule has 3 amide bonds. The third-order valence-electron chi connectivity index (χ3n) is 6.34. The van der Waals surface area contributed by atoms with Crippen molar-refractivity contribution in [2.45, 2.75) is 12.1 Å². The first-order valence-electron chi connectivity index (χ1n) is 10.7. The molecule has 2 aliphatic heterocycles. The quantitative estimate of drug-likeness (QED) is 0.132. The van der Waals surface area contributed by atoms with Crippen molar-refractivity contribution in [3.63, 3.8) is 0 Å². The summed E-state index contributed by atoms with van der Waals surface area (Å²) in [4.78, 5) is 43.2. The Hall–Kier alpha value is -2.49. The number of hydrogen-bond acceptors (Lipinski definition) is 5. The van der Waals surface area contributed by atoms with E-state index in [4.69, 9.17) is 55.9 Å². The Labute approximate surface area is 239 Å². The summed E-state index contributed by atoms with van der Waals surface area (Å²) in [6, 6.07) is 10.1. The van der Waals surface area contributed by atoms with Gasteiger partial charge < -0.3 is 14.4 Å². The van der Waals surface area contributed by atoms with Crippen LogP contribution in [0.4, 0.5) is 5.69 Å². The maximum Gasteiger partial charge on any atom is 0.264 e. The molecule has 2 atom stereocenters. The average Bonchev–Trinajstić information content (AvgIpc) is 3.15. The molecule has 12 heteroatoms. The number of carbonyl (C=O) groups is 3. The van der Waals surface area contributed by atoms with Crippen LogP contribution in [0.15, 0.2) is 46.9 Å². The Morgan fingerprint density at radius 1 is 0.730 bits per heavy atom. The normalized spacial score (nSPS) is 18.7. The number of β-lactam (4-membered cyclic amide) rings is 1. The van der Waals surface area contributed by atoms with E-state index in [1.54, 1.807) is 42.5 Å². The third-order valence-corrected chi connectivity index (χ3v) is 8.67. The van der Waals surface area contributed by atoms with Crippen molar-refractivity contribution in [3.8, 4) is 11.5 Å². The van der Waals surface area contributed by atoms with Gasteiger partial charge in [-0.05, 0) is 42.5 Å². The molecule has 0 N–H and O–H groups in total. The van der Waals surface area contributed by atoms with Crippen LogP contribution in [-0.2, 0) is 4.79 Å². The van der Waals surface area contributed by atoms with Crippen LogP contribution in [0.5, 0.6) is 11.5 Å². The monoisotopic (exact) mass is 642 g/mol. The number of nitrogens with zero attached hydrogens (tertiary/aromatic N) is 2. The minimum absolute atomic E-state index is 0.155. The zero-order valence-corrected chi connectivity index (χ0v) is 23.6. The molecule has 0 spiro atoms. The van der Waals surface area contributed by atoms with Crippen molar-refractivity contribution in [1.29, 1.82) is 0 Å². The Bertz CT molecular complexity index is 1450. The van der Waals surface area contributed by atoms with Crippen molar-refractivity contribution in [2.24, 2.45) is 0 Å². The Morgan fingerprint density at radius 3 is 1.81 bits per heavy atom. The lowest BCUT2D eigenvalue weighted by Gasteiger charge is -2.50. The minimum atomic E-state index is -1.23. The van der Waals surface area contributed by atoms with Crippen LogP contribution in [-0.4, -0.2) is 42.9 Å². The SMILES string of the molecule is COc1ccc(OC)c(C2C(N3C(=O)c4c(Cl)c(Cl)c(Cl)c(Cl)c4C3=O)C(=O)N2c2ccc(Br)cc2)c1. The number of imide groups is 1. The lowest BCUT2D eigenvalue weighted by molar-refractivity contribution is -0.130. The molecule has 7 nitrogen and oxygen atoms in total. The van der Waals surface area contributed by atoms with Crippen molar-refractivity contribution in [1.82, 2.24) is 4.90 Å². The van der Waals surface area contributed by atoms with E-state index < -0.39 is 29.8 Å². The first-order valence-corrected chi connectivity index (χ1v) is 13.0. The van der Waals surface area contributed by atoms with Gasteiger partial charge in [0.05, 0.1) is 51.5 Å². The largest absolute Gasteiger partial charge is 0.497 e. The summed E-state index contributed by atoms with van der Waals surface area (Å²) in [5, 5.41) is -0.729. The van der Waals surface area contributed by atoms with Gasteiger partial charge in [0.15, 0.2) is 0 Å². The molecular weight excluding hydrogens is 630 g/mol. The first kappa shape index (κ1) is 26.1. The van der Waals surface area contributed by atoms with E-state index in [0.29, 0.717) is 22.7 Å². The molecular formula is C25H15BrCl4N2O5. The summed E-state index contributed by atoms with van der Waals surface area (Å²) >= 11 is 28.3. The smallest absolute Gasteiger partial charge is 0.264 e. The van der Waals surface area contributed by atoms with E-state index in [1.165, 1.54) is 19.1 Å². The van der Waals surface area contributed by atoms with Gasteiger partial charge >= 0.3 is 0 Å². The zero-order valence-electron chi connectivity index (χ0n) is 19.0.